The number of nitrogens with zero attached hydrogens (tertiary/aromatic N) is 5. The predicted molar refractivity (Wildman–Crippen MR) is 139 cm³/mol. The van der Waals surface area contributed by atoms with Gasteiger partial charge in [0.05, 0.1) is 11.9 Å². The van der Waals surface area contributed by atoms with Crippen LogP contribution in [0.4, 0.5) is 23.0 Å². The number of imidazole rings is 1. The van der Waals surface area contributed by atoms with Crippen molar-refractivity contribution < 1.29 is 4.79 Å². The molecule has 11 heteroatoms. The van der Waals surface area contributed by atoms with E-state index in [0.29, 0.717) is 34.4 Å². The molecule has 34 heavy (non-hydrogen) atoms. The van der Waals surface area contributed by atoms with E-state index in [1.54, 1.807) is 29.0 Å². The Labute approximate surface area is 209 Å². The molecule has 10 nitrogen and oxygen atoms in total. The molecule has 1 aliphatic rings. The summed E-state index contributed by atoms with van der Waals surface area (Å²) in [5.41, 5.74) is 8.26. The summed E-state index contributed by atoms with van der Waals surface area (Å²) in [5, 5.41) is 14.4. The summed E-state index contributed by atoms with van der Waals surface area (Å²) < 4.78 is 2.34. The molecule has 0 atom stereocenters. The summed E-state index contributed by atoms with van der Waals surface area (Å²) in [4.78, 5) is 26.1. The van der Waals surface area contributed by atoms with Gasteiger partial charge in [0.15, 0.2) is 11.3 Å². The zero-order valence-electron chi connectivity index (χ0n) is 18.3. The topological polar surface area (TPSA) is 135 Å². The molecule has 4 aromatic rings. The number of aromatic nitrogens is 5. The van der Waals surface area contributed by atoms with Crippen molar-refractivity contribution in [1.29, 1.82) is 0 Å². The highest BCUT2D eigenvalue weighted by atomic mass is 127. The van der Waals surface area contributed by atoms with Gasteiger partial charge in [-0.3, -0.25) is 9.78 Å². The van der Waals surface area contributed by atoms with Crippen molar-refractivity contribution in [2.24, 2.45) is 5.73 Å². The maximum atomic E-state index is 13.1. The molecule has 0 radical (unpaired) electrons. The molecule has 0 aromatic carbocycles. The average Bonchev–Trinajstić information content (AvgIpc) is 3.26. The Morgan fingerprint density at radius 2 is 1.88 bits per heavy atom. The summed E-state index contributed by atoms with van der Waals surface area (Å²) in [7, 11) is 0. The zero-order chi connectivity index (χ0) is 23.5. The number of pyridine rings is 2. The number of hydrogen-bond acceptors (Lipinski definition) is 8. The normalized spacial score (nSPS) is 17.9. The standard InChI is InChI=1S/C23H24IN9O/c24-19-11-16(8-10-26-19)30-23(34)18-13-28-22-17(31-20-3-1-2-9-27-20)12-21(32-33(18)22)29-15-6-4-14(25)5-7-15/h1-3,8-15H,4-7,25H2,(H,27,31)(H,29,32)(H,26,30,34)/t14-,15-. The minimum absolute atomic E-state index is 0.259. The van der Waals surface area contributed by atoms with E-state index in [1.165, 1.54) is 6.20 Å². The van der Waals surface area contributed by atoms with Crippen molar-refractivity contribution in [3.05, 3.63) is 64.4 Å². The molecule has 0 saturated heterocycles. The third-order valence-electron chi connectivity index (χ3n) is 5.74. The quantitative estimate of drug-likeness (QED) is 0.204. The second-order valence-corrected chi connectivity index (χ2v) is 9.34. The molecule has 1 aliphatic carbocycles. The number of fused-ring (bicyclic) bond motifs is 1. The van der Waals surface area contributed by atoms with E-state index in [4.69, 9.17) is 10.8 Å². The van der Waals surface area contributed by atoms with Gasteiger partial charge < -0.3 is 21.7 Å². The summed E-state index contributed by atoms with van der Waals surface area (Å²) in [6.07, 6.45) is 8.79. The largest absolute Gasteiger partial charge is 0.366 e. The first kappa shape index (κ1) is 22.5. The Balaban J connectivity index is 1.49. The van der Waals surface area contributed by atoms with E-state index < -0.39 is 0 Å². The lowest BCUT2D eigenvalue weighted by molar-refractivity contribution is 0.102. The molecule has 174 valence electrons. The van der Waals surface area contributed by atoms with Gasteiger partial charge in [0.1, 0.15) is 15.3 Å². The van der Waals surface area contributed by atoms with E-state index in [0.717, 1.165) is 29.4 Å². The molecule has 1 amide bonds. The van der Waals surface area contributed by atoms with E-state index >= 15 is 0 Å². The molecule has 0 bridgehead atoms. The third kappa shape index (κ3) is 5.09. The van der Waals surface area contributed by atoms with Crippen LogP contribution in [0.2, 0.25) is 0 Å². The highest BCUT2D eigenvalue weighted by Crippen LogP contribution is 2.26. The molecule has 0 unspecified atom stereocenters. The molecule has 1 fully saturated rings. The van der Waals surface area contributed by atoms with Crippen molar-refractivity contribution >= 4 is 57.2 Å². The molecular weight excluding hydrogens is 545 g/mol. The Hall–Kier alpha value is -3.32. The van der Waals surface area contributed by atoms with Gasteiger partial charge in [-0.2, -0.15) is 0 Å². The summed E-state index contributed by atoms with van der Waals surface area (Å²) in [6, 6.07) is 11.6. The second kappa shape index (κ2) is 9.89. The van der Waals surface area contributed by atoms with Gasteiger partial charge in [-0.15, -0.1) is 5.10 Å². The molecular formula is C23H24IN9O. The second-order valence-electron chi connectivity index (χ2n) is 8.24. The fourth-order valence-electron chi connectivity index (χ4n) is 4.01. The van der Waals surface area contributed by atoms with Gasteiger partial charge in [-0.05, 0) is 72.5 Å². The number of halogens is 1. The summed E-state index contributed by atoms with van der Waals surface area (Å²) in [6.45, 7) is 0. The molecule has 4 heterocycles. The lowest BCUT2D eigenvalue weighted by Crippen LogP contribution is -2.33. The van der Waals surface area contributed by atoms with E-state index in [-0.39, 0.29) is 18.0 Å². The maximum absolute atomic E-state index is 13.1. The lowest BCUT2D eigenvalue weighted by Gasteiger charge is -2.27. The molecule has 0 spiro atoms. The highest BCUT2D eigenvalue weighted by molar-refractivity contribution is 14.1. The monoisotopic (exact) mass is 569 g/mol. The first-order chi connectivity index (χ1) is 16.5. The Bertz CT molecular complexity index is 1300. The van der Waals surface area contributed by atoms with Crippen LogP contribution in [-0.4, -0.2) is 42.6 Å². The number of anilines is 4. The Morgan fingerprint density at radius 1 is 1.03 bits per heavy atom. The van der Waals surface area contributed by atoms with Gasteiger partial charge >= 0.3 is 0 Å². The number of nitrogens with two attached hydrogens (primary N) is 1. The fourth-order valence-corrected chi connectivity index (χ4v) is 4.50. The fraction of sp³-hybridized carbons (Fsp3) is 0.261. The third-order valence-corrected chi connectivity index (χ3v) is 6.33. The lowest BCUT2D eigenvalue weighted by atomic mass is 9.92. The van der Waals surface area contributed by atoms with Crippen molar-refractivity contribution in [3.8, 4) is 0 Å². The van der Waals surface area contributed by atoms with Crippen LogP contribution in [0.3, 0.4) is 0 Å². The van der Waals surface area contributed by atoms with E-state index in [1.807, 2.05) is 24.3 Å². The average molecular weight is 569 g/mol. The summed E-state index contributed by atoms with van der Waals surface area (Å²) >= 11 is 2.10. The molecule has 4 aromatic heterocycles. The van der Waals surface area contributed by atoms with Crippen molar-refractivity contribution in [2.75, 3.05) is 16.0 Å². The zero-order valence-corrected chi connectivity index (χ0v) is 20.4. The van der Waals surface area contributed by atoms with Crippen LogP contribution in [0.5, 0.6) is 0 Å². The van der Waals surface area contributed by atoms with Gasteiger partial charge in [-0.25, -0.2) is 14.5 Å². The first-order valence-corrected chi connectivity index (χ1v) is 12.1. The molecule has 5 rings (SSSR count). The predicted octanol–water partition coefficient (Wildman–Crippen LogP) is 3.80. The van der Waals surface area contributed by atoms with Crippen LogP contribution in [-0.2, 0) is 0 Å². The molecule has 1 saturated carbocycles. The minimum Gasteiger partial charge on any atom is -0.366 e. The molecule has 5 N–H and O–H groups in total. The van der Waals surface area contributed by atoms with Gasteiger partial charge in [0, 0.05) is 36.2 Å². The van der Waals surface area contributed by atoms with Crippen LogP contribution in [0.1, 0.15) is 36.2 Å². The van der Waals surface area contributed by atoms with Crippen LogP contribution in [0.15, 0.2) is 55.0 Å². The number of nitrogens with one attached hydrogen (secondary N) is 3. The van der Waals surface area contributed by atoms with Gasteiger partial charge in [-0.1, -0.05) is 6.07 Å². The van der Waals surface area contributed by atoms with Crippen molar-refractivity contribution in [3.63, 3.8) is 0 Å². The van der Waals surface area contributed by atoms with Crippen molar-refractivity contribution in [2.45, 2.75) is 37.8 Å². The maximum Gasteiger partial charge on any atom is 0.276 e. The molecule has 0 aliphatic heterocycles. The number of carbonyl (C=O) groups excluding carboxylic acids is 1. The van der Waals surface area contributed by atoms with Crippen molar-refractivity contribution in [1.82, 2.24) is 24.6 Å². The Morgan fingerprint density at radius 3 is 2.65 bits per heavy atom. The van der Waals surface area contributed by atoms with Crippen LogP contribution >= 0.6 is 22.6 Å². The number of amides is 1. The Kier molecular flexibility index (Phi) is 6.54. The van der Waals surface area contributed by atoms with Crippen LogP contribution < -0.4 is 21.7 Å². The smallest absolute Gasteiger partial charge is 0.276 e. The summed E-state index contributed by atoms with van der Waals surface area (Å²) in [5.74, 6) is 1.01. The number of carbonyl (C=O) groups is 1. The van der Waals surface area contributed by atoms with Crippen LogP contribution in [0.25, 0.3) is 5.65 Å². The van der Waals surface area contributed by atoms with Crippen LogP contribution in [0, 0.1) is 3.70 Å². The first-order valence-electron chi connectivity index (χ1n) is 11.1. The van der Waals surface area contributed by atoms with E-state index in [9.17, 15) is 4.79 Å². The number of rotatable bonds is 6. The highest BCUT2D eigenvalue weighted by Gasteiger charge is 2.21. The SMILES string of the molecule is N[C@H]1CC[C@H](Nc2cc(Nc3ccccn3)c3ncc(C(=O)Nc4ccnc(I)c4)n3n2)CC1. The minimum atomic E-state index is -0.313. The van der Waals surface area contributed by atoms with E-state index in [2.05, 4.69) is 53.5 Å². The number of hydrogen-bond donors (Lipinski definition) is 4. The van der Waals surface area contributed by atoms with Gasteiger partial charge in [0.25, 0.3) is 5.91 Å². The van der Waals surface area contributed by atoms with Gasteiger partial charge in [0.2, 0.25) is 0 Å².